The molecule has 0 saturated carbocycles. The van der Waals surface area contributed by atoms with Gasteiger partial charge in [0.15, 0.2) is 0 Å². The number of hydrogen-bond acceptors (Lipinski definition) is 2. The lowest BCUT2D eigenvalue weighted by Crippen LogP contribution is -2.41. The smallest absolute Gasteiger partial charge is 0.227 e. The number of aliphatic hydroxyl groups is 1. The minimum atomic E-state index is -0.257. The average Bonchev–Trinajstić information content (AvgIpc) is 2.57. The third kappa shape index (κ3) is 4.43. The highest BCUT2D eigenvalue weighted by atomic mass is 16.3. The lowest BCUT2D eigenvalue weighted by atomic mass is 9.95. The van der Waals surface area contributed by atoms with Crippen molar-refractivity contribution in [2.24, 2.45) is 0 Å². The van der Waals surface area contributed by atoms with Crippen LogP contribution in [-0.2, 0) is 11.2 Å². The standard InChI is InChI=1S/C19H23NO2/c1-2-18(16-11-7-4-8-12-16)19(22)20-17(14-21)13-15-9-5-3-6-10-15/h3-12,17-18,21H,2,13-14H2,1H3,(H,20,22). The van der Waals surface area contributed by atoms with Crippen LogP contribution >= 0.6 is 0 Å². The molecule has 3 nitrogen and oxygen atoms in total. The van der Waals surface area contributed by atoms with Crippen molar-refractivity contribution in [1.29, 1.82) is 0 Å². The minimum Gasteiger partial charge on any atom is -0.394 e. The predicted octanol–water partition coefficient (Wildman–Crippen LogP) is 2.90. The van der Waals surface area contributed by atoms with Crippen LogP contribution in [0.5, 0.6) is 0 Å². The van der Waals surface area contributed by atoms with Crippen LogP contribution in [-0.4, -0.2) is 23.7 Å². The molecule has 2 N–H and O–H groups in total. The van der Waals surface area contributed by atoms with E-state index in [2.05, 4.69) is 5.32 Å². The number of hydrogen-bond donors (Lipinski definition) is 2. The van der Waals surface area contributed by atoms with Gasteiger partial charge in [0.05, 0.1) is 18.6 Å². The summed E-state index contributed by atoms with van der Waals surface area (Å²) < 4.78 is 0. The molecule has 2 unspecified atom stereocenters. The second-order valence-corrected chi connectivity index (χ2v) is 5.45. The van der Waals surface area contributed by atoms with Crippen LogP contribution in [0.1, 0.15) is 30.4 Å². The molecule has 2 atom stereocenters. The SMILES string of the molecule is CCC(C(=O)NC(CO)Cc1ccccc1)c1ccccc1. The molecule has 0 aromatic heterocycles. The monoisotopic (exact) mass is 297 g/mol. The highest BCUT2D eigenvalue weighted by Gasteiger charge is 2.21. The van der Waals surface area contributed by atoms with E-state index in [1.807, 2.05) is 67.6 Å². The summed E-state index contributed by atoms with van der Waals surface area (Å²) in [6.07, 6.45) is 1.37. The lowest BCUT2D eigenvalue weighted by molar-refractivity contribution is -0.123. The molecule has 0 fully saturated rings. The molecule has 0 heterocycles. The summed E-state index contributed by atoms with van der Waals surface area (Å²) in [6, 6.07) is 19.4. The first-order valence-electron chi connectivity index (χ1n) is 7.74. The number of amides is 1. The summed E-state index contributed by atoms with van der Waals surface area (Å²) in [6.45, 7) is 1.94. The van der Waals surface area contributed by atoms with E-state index >= 15 is 0 Å². The number of rotatable bonds is 7. The number of carbonyl (C=O) groups excluding carboxylic acids is 1. The summed E-state index contributed by atoms with van der Waals surface area (Å²) in [5.74, 6) is -0.199. The van der Waals surface area contributed by atoms with Crippen molar-refractivity contribution in [1.82, 2.24) is 5.32 Å². The van der Waals surface area contributed by atoms with Gasteiger partial charge in [-0.15, -0.1) is 0 Å². The van der Waals surface area contributed by atoms with Gasteiger partial charge < -0.3 is 10.4 Å². The molecule has 0 aliphatic carbocycles. The van der Waals surface area contributed by atoms with E-state index in [1.54, 1.807) is 0 Å². The second kappa shape index (κ2) is 8.35. The van der Waals surface area contributed by atoms with Gasteiger partial charge in [0.1, 0.15) is 0 Å². The van der Waals surface area contributed by atoms with Crippen LogP contribution in [0.2, 0.25) is 0 Å². The van der Waals surface area contributed by atoms with Gasteiger partial charge in [0.25, 0.3) is 0 Å². The Morgan fingerprint density at radius 3 is 2.18 bits per heavy atom. The molecule has 0 aliphatic heterocycles. The molecule has 2 rings (SSSR count). The first-order chi connectivity index (χ1) is 10.7. The zero-order valence-corrected chi connectivity index (χ0v) is 12.9. The fourth-order valence-corrected chi connectivity index (χ4v) is 2.62. The lowest BCUT2D eigenvalue weighted by Gasteiger charge is -2.21. The van der Waals surface area contributed by atoms with Crippen molar-refractivity contribution in [2.45, 2.75) is 31.7 Å². The van der Waals surface area contributed by atoms with Crippen LogP contribution in [0, 0.1) is 0 Å². The fourth-order valence-electron chi connectivity index (χ4n) is 2.62. The Labute approximate surface area is 132 Å². The molecule has 0 aliphatic rings. The highest BCUT2D eigenvalue weighted by molar-refractivity contribution is 5.83. The Hall–Kier alpha value is -2.13. The molecule has 22 heavy (non-hydrogen) atoms. The summed E-state index contributed by atoms with van der Waals surface area (Å²) in [5.41, 5.74) is 2.12. The molecule has 0 bridgehead atoms. The van der Waals surface area contributed by atoms with E-state index < -0.39 is 0 Å². The molecular weight excluding hydrogens is 274 g/mol. The number of nitrogens with one attached hydrogen (secondary N) is 1. The summed E-state index contributed by atoms with van der Waals surface area (Å²) >= 11 is 0. The van der Waals surface area contributed by atoms with Crippen LogP contribution in [0.4, 0.5) is 0 Å². The van der Waals surface area contributed by atoms with E-state index in [-0.39, 0.29) is 24.5 Å². The maximum Gasteiger partial charge on any atom is 0.227 e. The zero-order chi connectivity index (χ0) is 15.8. The Morgan fingerprint density at radius 1 is 1.05 bits per heavy atom. The third-order valence-electron chi connectivity index (χ3n) is 3.82. The highest BCUT2D eigenvalue weighted by Crippen LogP contribution is 2.19. The molecule has 2 aromatic rings. The van der Waals surface area contributed by atoms with Gasteiger partial charge in [-0.1, -0.05) is 67.6 Å². The van der Waals surface area contributed by atoms with Gasteiger partial charge in [0.2, 0.25) is 5.91 Å². The van der Waals surface area contributed by atoms with Crippen molar-refractivity contribution in [2.75, 3.05) is 6.61 Å². The van der Waals surface area contributed by atoms with Gasteiger partial charge in [-0.3, -0.25) is 4.79 Å². The summed E-state index contributed by atoms with van der Waals surface area (Å²) in [7, 11) is 0. The van der Waals surface area contributed by atoms with Crippen molar-refractivity contribution < 1.29 is 9.90 Å². The van der Waals surface area contributed by atoms with Crippen LogP contribution in [0.15, 0.2) is 60.7 Å². The average molecular weight is 297 g/mol. The molecule has 0 spiro atoms. The first kappa shape index (κ1) is 16.2. The first-order valence-corrected chi connectivity index (χ1v) is 7.74. The molecule has 0 saturated heterocycles. The molecule has 3 heteroatoms. The van der Waals surface area contributed by atoms with Crippen LogP contribution < -0.4 is 5.32 Å². The zero-order valence-electron chi connectivity index (χ0n) is 12.9. The molecule has 1 amide bonds. The van der Waals surface area contributed by atoms with E-state index in [1.165, 1.54) is 0 Å². The van der Waals surface area contributed by atoms with Crippen molar-refractivity contribution in [3.05, 3.63) is 71.8 Å². The van der Waals surface area contributed by atoms with Gasteiger partial charge in [0, 0.05) is 0 Å². The molecule has 2 aromatic carbocycles. The third-order valence-corrected chi connectivity index (χ3v) is 3.82. The van der Waals surface area contributed by atoms with Gasteiger partial charge >= 0.3 is 0 Å². The fraction of sp³-hybridized carbons (Fsp3) is 0.316. The van der Waals surface area contributed by atoms with Gasteiger partial charge in [-0.2, -0.15) is 0 Å². The Kier molecular flexibility index (Phi) is 6.16. The van der Waals surface area contributed by atoms with Crippen molar-refractivity contribution >= 4 is 5.91 Å². The van der Waals surface area contributed by atoms with Crippen LogP contribution in [0.25, 0.3) is 0 Å². The number of benzene rings is 2. The van der Waals surface area contributed by atoms with E-state index in [0.29, 0.717) is 6.42 Å². The Balaban J connectivity index is 2.02. The predicted molar refractivity (Wildman–Crippen MR) is 88.6 cm³/mol. The summed E-state index contributed by atoms with van der Waals surface area (Å²) in [5, 5.41) is 12.5. The molecule has 0 radical (unpaired) electrons. The van der Waals surface area contributed by atoms with Crippen molar-refractivity contribution in [3.63, 3.8) is 0 Å². The Bertz CT molecular complexity index is 569. The topological polar surface area (TPSA) is 49.3 Å². The second-order valence-electron chi connectivity index (χ2n) is 5.45. The van der Waals surface area contributed by atoms with E-state index in [9.17, 15) is 9.90 Å². The van der Waals surface area contributed by atoms with Crippen LogP contribution in [0.3, 0.4) is 0 Å². The quantitative estimate of drug-likeness (QED) is 0.825. The maximum absolute atomic E-state index is 12.5. The minimum absolute atomic E-state index is 0.0244. The summed E-state index contributed by atoms with van der Waals surface area (Å²) in [4.78, 5) is 12.5. The Morgan fingerprint density at radius 2 is 1.64 bits per heavy atom. The van der Waals surface area contributed by atoms with Gasteiger partial charge in [-0.05, 0) is 24.0 Å². The normalized spacial score (nSPS) is 13.4. The maximum atomic E-state index is 12.5. The van der Waals surface area contributed by atoms with E-state index in [4.69, 9.17) is 0 Å². The van der Waals surface area contributed by atoms with Crippen molar-refractivity contribution in [3.8, 4) is 0 Å². The molecular formula is C19H23NO2. The largest absolute Gasteiger partial charge is 0.394 e. The molecule has 116 valence electrons. The van der Waals surface area contributed by atoms with E-state index in [0.717, 1.165) is 17.5 Å². The number of carbonyl (C=O) groups is 1. The van der Waals surface area contributed by atoms with Gasteiger partial charge in [-0.25, -0.2) is 0 Å². The number of aliphatic hydroxyl groups excluding tert-OH is 1.